The minimum absolute atomic E-state index is 0.0341. The van der Waals surface area contributed by atoms with E-state index in [4.69, 9.17) is 15.2 Å². The number of nitrogens with one attached hydrogen (secondary N) is 1. The zero-order chi connectivity index (χ0) is 24.1. The van der Waals surface area contributed by atoms with Gasteiger partial charge < -0.3 is 20.5 Å². The number of para-hydroxylation sites is 2. The summed E-state index contributed by atoms with van der Waals surface area (Å²) < 4.78 is 9.99. The number of nitrogens with two attached hydrogens (primary N) is 1. The Labute approximate surface area is 190 Å². The highest BCUT2D eigenvalue weighted by molar-refractivity contribution is 6.07. The fraction of sp³-hybridized carbons (Fsp3) is 0.167. The summed E-state index contributed by atoms with van der Waals surface area (Å²) in [6.07, 6.45) is 0. The number of rotatable bonds is 5. The van der Waals surface area contributed by atoms with Gasteiger partial charge in [-0.25, -0.2) is 9.59 Å². The van der Waals surface area contributed by atoms with Crippen molar-refractivity contribution in [1.82, 2.24) is 0 Å². The van der Waals surface area contributed by atoms with Gasteiger partial charge in [0.1, 0.15) is 11.5 Å². The number of benzene rings is 2. The Morgan fingerprint density at radius 1 is 1.00 bits per heavy atom. The Hall–Kier alpha value is -4.58. The third-order valence-electron chi connectivity index (χ3n) is 5.07. The molecular formula is C24H22N4O5. The predicted octanol–water partition coefficient (Wildman–Crippen LogP) is 2.54. The third kappa shape index (κ3) is 4.27. The molecule has 9 heteroatoms. The molecule has 0 aromatic heterocycles. The molecule has 1 unspecified atom stereocenters. The summed E-state index contributed by atoms with van der Waals surface area (Å²) in [5, 5.41) is 12.7. The second kappa shape index (κ2) is 9.70. The van der Waals surface area contributed by atoms with Gasteiger partial charge in [-0.3, -0.25) is 9.69 Å². The summed E-state index contributed by atoms with van der Waals surface area (Å²) in [7, 11) is 2.34. The van der Waals surface area contributed by atoms with E-state index in [1.165, 1.54) is 26.0 Å². The van der Waals surface area contributed by atoms with Crippen LogP contribution in [0.4, 0.5) is 11.4 Å². The van der Waals surface area contributed by atoms with E-state index in [0.29, 0.717) is 11.3 Å². The number of allylic oxidation sites excluding steroid dienone is 1. The van der Waals surface area contributed by atoms with E-state index >= 15 is 0 Å². The van der Waals surface area contributed by atoms with Crippen LogP contribution in [-0.2, 0) is 23.9 Å². The summed E-state index contributed by atoms with van der Waals surface area (Å²) in [5.41, 5.74) is 7.31. The monoisotopic (exact) mass is 446 g/mol. The van der Waals surface area contributed by atoms with E-state index in [2.05, 4.69) is 11.4 Å². The van der Waals surface area contributed by atoms with Gasteiger partial charge in [-0.05, 0) is 17.7 Å². The SMILES string of the molecule is COC(=O)C1=C(C(=O)OC)N(c2ccccc2NC(C)=O)C(N)=C(C#N)C1c1ccccc1. The number of anilines is 2. The van der Waals surface area contributed by atoms with Crippen LogP contribution in [-0.4, -0.2) is 32.1 Å². The Morgan fingerprint density at radius 3 is 2.18 bits per heavy atom. The van der Waals surface area contributed by atoms with Crippen molar-refractivity contribution in [2.24, 2.45) is 5.73 Å². The van der Waals surface area contributed by atoms with Gasteiger partial charge in [0.05, 0.1) is 48.7 Å². The summed E-state index contributed by atoms with van der Waals surface area (Å²) >= 11 is 0. The molecule has 0 spiro atoms. The van der Waals surface area contributed by atoms with E-state index in [0.717, 1.165) is 0 Å². The second-order valence-electron chi connectivity index (χ2n) is 7.03. The molecule has 1 atom stereocenters. The number of esters is 2. The largest absolute Gasteiger partial charge is 0.466 e. The molecule has 3 rings (SSSR count). The van der Waals surface area contributed by atoms with Gasteiger partial charge >= 0.3 is 11.9 Å². The number of carbonyl (C=O) groups is 3. The van der Waals surface area contributed by atoms with E-state index in [1.807, 2.05) is 0 Å². The Kier molecular flexibility index (Phi) is 6.79. The molecule has 2 aromatic rings. The van der Waals surface area contributed by atoms with Gasteiger partial charge in [-0.1, -0.05) is 42.5 Å². The molecule has 0 saturated carbocycles. The first-order valence-corrected chi connectivity index (χ1v) is 9.87. The van der Waals surface area contributed by atoms with Crippen molar-refractivity contribution in [2.75, 3.05) is 24.4 Å². The Morgan fingerprint density at radius 2 is 1.61 bits per heavy atom. The number of hydrogen-bond acceptors (Lipinski definition) is 8. The lowest BCUT2D eigenvalue weighted by Crippen LogP contribution is -2.41. The van der Waals surface area contributed by atoms with Crippen LogP contribution in [0.3, 0.4) is 0 Å². The molecule has 0 radical (unpaired) electrons. The first-order valence-electron chi connectivity index (χ1n) is 9.87. The highest BCUT2D eigenvalue weighted by Gasteiger charge is 2.43. The first-order chi connectivity index (χ1) is 15.8. The molecule has 0 fully saturated rings. The van der Waals surface area contributed by atoms with Crippen molar-refractivity contribution < 1.29 is 23.9 Å². The van der Waals surface area contributed by atoms with E-state index in [-0.39, 0.29) is 34.3 Å². The smallest absolute Gasteiger partial charge is 0.355 e. The number of carbonyl (C=O) groups excluding carboxylic acids is 3. The lowest BCUT2D eigenvalue weighted by molar-refractivity contribution is -0.139. The lowest BCUT2D eigenvalue weighted by atomic mass is 9.81. The zero-order valence-electron chi connectivity index (χ0n) is 18.3. The maximum absolute atomic E-state index is 13.1. The standard InChI is InChI=1S/C24H22N4O5/c1-14(29)27-17-11-7-8-12-18(17)28-21(24(31)33-3)20(23(30)32-2)19(16(13-25)22(28)26)15-9-5-4-6-10-15/h4-12,19H,26H2,1-3H3,(H,27,29). The van der Waals surface area contributed by atoms with Crippen LogP contribution in [0.1, 0.15) is 18.4 Å². The fourth-order valence-electron chi connectivity index (χ4n) is 3.73. The average Bonchev–Trinajstić information content (AvgIpc) is 2.83. The lowest BCUT2D eigenvalue weighted by Gasteiger charge is -2.36. The zero-order valence-corrected chi connectivity index (χ0v) is 18.3. The van der Waals surface area contributed by atoms with E-state index < -0.39 is 17.9 Å². The fourth-order valence-corrected chi connectivity index (χ4v) is 3.73. The van der Waals surface area contributed by atoms with Crippen LogP contribution in [0.15, 0.2) is 77.3 Å². The molecule has 2 aromatic carbocycles. The Balaban J connectivity index is 2.43. The summed E-state index contributed by atoms with van der Waals surface area (Å²) in [4.78, 5) is 39.1. The molecule has 3 N–H and O–H groups in total. The summed E-state index contributed by atoms with van der Waals surface area (Å²) in [5.74, 6) is -3.11. The predicted molar refractivity (Wildman–Crippen MR) is 120 cm³/mol. The first kappa shape index (κ1) is 23.1. The molecule has 0 aliphatic carbocycles. The molecular weight excluding hydrogens is 424 g/mol. The number of hydrogen-bond donors (Lipinski definition) is 2. The van der Waals surface area contributed by atoms with Crippen LogP contribution in [0.2, 0.25) is 0 Å². The normalized spacial score (nSPS) is 15.6. The highest BCUT2D eigenvalue weighted by Crippen LogP contribution is 2.44. The molecule has 168 valence electrons. The maximum Gasteiger partial charge on any atom is 0.355 e. The van der Waals surface area contributed by atoms with Crippen LogP contribution < -0.4 is 16.0 Å². The number of nitrogens with zero attached hydrogens (tertiary/aromatic N) is 2. The minimum atomic E-state index is -0.970. The molecule has 0 bridgehead atoms. The number of nitriles is 1. The van der Waals surface area contributed by atoms with Gasteiger partial charge in [-0.15, -0.1) is 0 Å². The van der Waals surface area contributed by atoms with Crippen molar-refractivity contribution in [3.8, 4) is 6.07 Å². The van der Waals surface area contributed by atoms with E-state index in [1.54, 1.807) is 54.6 Å². The second-order valence-corrected chi connectivity index (χ2v) is 7.03. The average molecular weight is 446 g/mol. The van der Waals surface area contributed by atoms with Crippen molar-refractivity contribution >= 4 is 29.2 Å². The number of amides is 1. The third-order valence-corrected chi connectivity index (χ3v) is 5.07. The van der Waals surface area contributed by atoms with Crippen molar-refractivity contribution in [3.63, 3.8) is 0 Å². The van der Waals surface area contributed by atoms with Gasteiger partial charge in [0.15, 0.2) is 0 Å². The van der Waals surface area contributed by atoms with Gasteiger partial charge in [0.2, 0.25) is 5.91 Å². The summed E-state index contributed by atoms with van der Waals surface area (Å²) in [6.45, 7) is 1.33. The van der Waals surface area contributed by atoms with Gasteiger partial charge in [-0.2, -0.15) is 5.26 Å². The highest BCUT2D eigenvalue weighted by atomic mass is 16.5. The van der Waals surface area contributed by atoms with Crippen LogP contribution in [0.25, 0.3) is 0 Å². The van der Waals surface area contributed by atoms with Crippen LogP contribution >= 0.6 is 0 Å². The topological polar surface area (TPSA) is 135 Å². The number of ether oxygens (including phenoxy) is 2. The molecule has 1 heterocycles. The minimum Gasteiger partial charge on any atom is -0.466 e. The van der Waals surface area contributed by atoms with Crippen molar-refractivity contribution in [3.05, 3.63) is 82.8 Å². The molecule has 1 amide bonds. The Bertz CT molecular complexity index is 1210. The maximum atomic E-state index is 13.1. The van der Waals surface area contributed by atoms with Crippen LogP contribution in [0.5, 0.6) is 0 Å². The molecule has 1 aliphatic rings. The van der Waals surface area contributed by atoms with Gasteiger partial charge in [0, 0.05) is 6.92 Å². The summed E-state index contributed by atoms with van der Waals surface area (Å²) in [6, 6.07) is 17.3. The number of methoxy groups -OCH3 is 2. The van der Waals surface area contributed by atoms with Crippen molar-refractivity contribution in [1.29, 1.82) is 5.26 Å². The molecule has 1 aliphatic heterocycles. The quantitative estimate of drug-likeness (QED) is 0.669. The van der Waals surface area contributed by atoms with Crippen LogP contribution in [0, 0.1) is 11.3 Å². The molecule has 33 heavy (non-hydrogen) atoms. The van der Waals surface area contributed by atoms with Crippen molar-refractivity contribution in [2.45, 2.75) is 12.8 Å². The molecule has 0 saturated heterocycles. The molecule has 9 nitrogen and oxygen atoms in total. The van der Waals surface area contributed by atoms with Gasteiger partial charge in [0.25, 0.3) is 0 Å². The van der Waals surface area contributed by atoms with E-state index in [9.17, 15) is 19.6 Å².